The lowest BCUT2D eigenvalue weighted by Crippen LogP contribution is -2.39. The predicted octanol–water partition coefficient (Wildman–Crippen LogP) is 2.35. The van der Waals surface area contributed by atoms with Crippen LogP contribution in [0.1, 0.15) is 28.9 Å². The molecule has 5 nitrogen and oxygen atoms in total. The number of carbonyl (C=O) groups is 1. The quantitative estimate of drug-likeness (QED) is 0.939. The van der Waals surface area contributed by atoms with Gasteiger partial charge in [0.1, 0.15) is 6.26 Å². The minimum absolute atomic E-state index is 0.0392. The van der Waals surface area contributed by atoms with Crippen molar-refractivity contribution in [3.8, 4) is 0 Å². The average Bonchev–Trinajstić information content (AvgIpc) is 2.95. The van der Waals surface area contributed by atoms with E-state index < -0.39 is 0 Å². The Kier molecular flexibility index (Phi) is 3.90. The number of nitrogens with zero attached hydrogens (tertiary/aromatic N) is 2. The van der Waals surface area contributed by atoms with Gasteiger partial charge in [0.15, 0.2) is 5.69 Å². The molecule has 0 aliphatic carbocycles. The fourth-order valence-corrected chi connectivity index (χ4v) is 2.84. The first-order valence-electron chi connectivity index (χ1n) is 7.26. The van der Waals surface area contributed by atoms with Crippen LogP contribution in [0.25, 0.3) is 0 Å². The van der Waals surface area contributed by atoms with Crippen LogP contribution in [0.5, 0.6) is 0 Å². The Labute approximate surface area is 123 Å². The summed E-state index contributed by atoms with van der Waals surface area (Å²) in [6.45, 7) is 1.53. The maximum Gasteiger partial charge on any atom is 0.292 e. The van der Waals surface area contributed by atoms with E-state index in [0.29, 0.717) is 11.6 Å². The Balaban J connectivity index is 1.54. The lowest BCUT2D eigenvalue weighted by molar-refractivity contribution is 0.0684. The number of likely N-dealkylation sites (tertiary alicyclic amines) is 1. The van der Waals surface area contributed by atoms with Gasteiger partial charge in [-0.3, -0.25) is 4.79 Å². The van der Waals surface area contributed by atoms with Crippen LogP contribution < -0.4 is 5.73 Å². The monoisotopic (exact) mass is 285 g/mol. The SMILES string of the molecule is Nc1nc(C(=O)N2CCC(Cc3ccccc3)CC2)co1. The Morgan fingerprint density at radius 2 is 2.00 bits per heavy atom. The third kappa shape index (κ3) is 3.24. The number of benzene rings is 1. The molecule has 2 N–H and O–H groups in total. The van der Waals surface area contributed by atoms with Crippen molar-refractivity contribution in [2.24, 2.45) is 5.92 Å². The summed E-state index contributed by atoms with van der Waals surface area (Å²) in [6.07, 6.45) is 4.45. The number of anilines is 1. The fraction of sp³-hybridized carbons (Fsp3) is 0.375. The number of piperidine rings is 1. The van der Waals surface area contributed by atoms with Crippen LogP contribution in [0, 0.1) is 5.92 Å². The van der Waals surface area contributed by atoms with E-state index in [1.54, 1.807) is 0 Å². The number of aromatic nitrogens is 1. The van der Waals surface area contributed by atoms with Crippen LogP contribution in [-0.4, -0.2) is 28.9 Å². The molecule has 1 aromatic carbocycles. The first kappa shape index (κ1) is 13.7. The zero-order valence-corrected chi connectivity index (χ0v) is 11.9. The molecule has 110 valence electrons. The third-order valence-corrected chi connectivity index (χ3v) is 4.01. The van der Waals surface area contributed by atoms with Gasteiger partial charge in [0, 0.05) is 13.1 Å². The fourth-order valence-electron chi connectivity index (χ4n) is 2.84. The number of hydrogen-bond donors (Lipinski definition) is 1. The Bertz CT molecular complexity index is 601. The highest BCUT2D eigenvalue weighted by molar-refractivity contribution is 5.92. The van der Waals surface area contributed by atoms with Crippen molar-refractivity contribution in [3.63, 3.8) is 0 Å². The minimum atomic E-state index is -0.0892. The number of carbonyl (C=O) groups excluding carboxylic acids is 1. The molecule has 0 spiro atoms. The lowest BCUT2D eigenvalue weighted by atomic mass is 9.90. The van der Waals surface area contributed by atoms with Crippen LogP contribution >= 0.6 is 0 Å². The van der Waals surface area contributed by atoms with Gasteiger partial charge in [-0.2, -0.15) is 4.98 Å². The zero-order chi connectivity index (χ0) is 14.7. The van der Waals surface area contributed by atoms with Crippen molar-refractivity contribution in [2.75, 3.05) is 18.8 Å². The summed E-state index contributed by atoms with van der Waals surface area (Å²) in [4.78, 5) is 18.0. The van der Waals surface area contributed by atoms with Gasteiger partial charge < -0.3 is 15.1 Å². The molecular formula is C16H19N3O2. The molecule has 1 fully saturated rings. The molecule has 5 heteroatoms. The molecule has 1 aromatic heterocycles. The summed E-state index contributed by atoms with van der Waals surface area (Å²) in [5, 5.41) is 0. The van der Waals surface area contributed by atoms with E-state index >= 15 is 0 Å². The molecule has 0 radical (unpaired) electrons. The van der Waals surface area contributed by atoms with Crippen LogP contribution in [0.2, 0.25) is 0 Å². The first-order valence-corrected chi connectivity index (χ1v) is 7.26. The second-order valence-electron chi connectivity index (χ2n) is 5.50. The molecule has 0 bridgehead atoms. The smallest absolute Gasteiger partial charge is 0.292 e. The second-order valence-corrected chi connectivity index (χ2v) is 5.50. The molecule has 2 heterocycles. The number of nitrogen functional groups attached to an aromatic ring is 1. The Hall–Kier alpha value is -2.30. The summed E-state index contributed by atoms with van der Waals surface area (Å²) >= 11 is 0. The van der Waals surface area contributed by atoms with Crippen molar-refractivity contribution >= 4 is 11.9 Å². The molecule has 0 atom stereocenters. The van der Waals surface area contributed by atoms with E-state index in [2.05, 4.69) is 29.2 Å². The largest absolute Gasteiger partial charge is 0.431 e. The van der Waals surface area contributed by atoms with Crippen molar-refractivity contribution < 1.29 is 9.21 Å². The van der Waals surface area contributed by atoms with Gasteiger partial charge in [-0.1, -0.05) is 30.3 Å². The first-order chi connectivity index (χ1) is 10.2. The van der Waals surface area contributed by atoms with Crippen molar-refractivity contribution in [1.82, 2.24) is 9.88 Å². The van der Waals surface area contributed by atoms with E-state index in [4.69, 9.17) is 10.2 Å². The number of rotatable bonds is 3. The molecule has 1 saturated heterocycles. The maximum absolute atomic E-state index is 12.2. The van der Waals surface area contributed by atoms with Gasteiger partial charge >= 0.3 is 0 Å². The summed E-state index contributed by atoms with van der Waals surface area (Å²) < 4.78 is 4.90. The Morgan fingerprint density at radius 3 is 2.62 bits per heavy atom. The minimum Gasteiger partial charge on any atom is -0.431 e. The number of oxazole rings is 1. The number of nitrogens with two attached hydrogens (primary N) is 1. The topological polar surface area (TPSA) is 72.4 Å². The number of amides is 1. The molecule has 1 amide bonds. The van der Waals surface area contributed by atoms with E-state index in [1.165, 1.54) is 11.8 Å². The van der Waals surface area contributed by atoms with Gasteiger partial charge in [-0.05, 0) is 30.7 Å². The number of hydrogen-bond acceptors (Lipinski definition) is 4. The molecule has 3 rings (SSSR count). The Morgan fingerprint density at radius 1 is 1.29 bits per heavy atom. The van der Waals surface area contributed by atoms with Crippen LogP contribution in [0.3, 0.4) is 0 Å². The van der Waals surface area contributed by atoms with Crippen molar-refractivity contribution in [2.45, 2.75) is 19.3 Å². The van der Waals surface area contributed by atoms with E-state index in [0.717, 1.165) is 32.4 Å². The third-order valence-electron chi connectivity index (χ3n) is 4.01. The van der Waals surface area contributed by atoms with Gasteiger partial charge in [-0.25, -0.2) is 0 Å². The molecule has 2 aromatic rings. The van der Waals surface area contributed by atoms with Gasteiger partial charge in [-0.15, -0.1) is 0 Å². The average molecular weight is 285 g/mol. The summed E-state index contributed by atoms with van der Waals surface area (Å²) in [5.74, 6) is 0.549. The zero-order valence-electron chi connectivity index (χ0n) is 11.9. The highest BCUT2D eigenvalue weighted by atomic mass is 16.4. The standard InChI is InChI=1S/C16H19N3O2/c17-16-18-14(11-21-16)15(20)19-8-6-13(7-9-19)10-12-4-2-1-3-5-12/h1-5,11,13H,6-10H2,(H2,17,18). The summed E-state index contributed by atoms with van der Waals surface area (Å²) in [7, 11) is 0. The van der Waals surface area contributed by atoms with E-state index in [9.17, 15) is 4.79 Å². The lowest BCUT2D eigenvalue weighted by Gasteiger charge is -2.31. The molecule has 1 aliphatic heterocycles. The molecule has 1 aliphatic rings. The van der Waals surface area contributed by atoms with Gasteiger partial charge in [0.25, 0.3) is 11.9 Å². The second kappa shape index (κ2) is 5.99. The summed E-state index contributed by atoms with van der Waals surface area (Å²) in [5.41, 5.74) is 7.07. The normalized spacial score (nSPS) is 16.1. The highest BCUT2D eigenvalue weighted by Crippen LogP contribution is 2.22. The van der Waals surface area contributed by atoms with Crippen LogP contribution in [0.4, 0.5) is 6.01 Å². The van der Waals surface area contributed by atoms with Crippen LogP contribution in [-0.2, 0) is 6.42 Å². The highest BCUT2D eigenvalue weighted by Gasteiger charge is 2.25. The molecule has 21 heavy (non-hydrogen) atoms. The van der Waals surface area contributed by atoms with Gasteiger partial charge in [0.2, 0.25) is 0 Å². The van der Waals surface area contributed by atoms with Crippen LogP contribution in [0.15, 0.2) is 41.0 Å². The molecule has 0 unspecified atom stereocenters. The molecule has 0 saturated carbocycles. The van der Waals surface area contributed by atoms with Crippen molar-refractivity contribution in [3.05, 3.63) is 47.9 Å². The molecular weight excluding hydrogens is 266 g/mol. The van der Waals surface area contributed by atoms with Gasteiger partial charge in [0.05, 0.1) is 0 Å². The van der Waals surface area contributed by atoms with E-state index in [-0.39, 0.29) is 11.9 Å². The van der Waals surface area contributed by atoms with Crippen molar-refractivity contribution in [1.29, 1.82) is 0 Å². The maximum atomic E-state index is 12.2. The predicted molar refractivity (Wildman–Crippen MR) is 79.7 cm³/mol. The summed E-state index contributed by atoms with van der Waals surface area (Å²) in [6, 6.07) is 10.5. The van der Waals surface area contributed by atoms with E-state index in [1.807, 2.05) is 11.0 Å².